The summed E-state index contributed by atoms with van der Waals surface area (Å²) in [6, 6.07) is 1.16. The third-order valence-electron chi connectivity index (χ3n) is 3.91. The van der Waals surface area contributed by atoms with Crippen molar-refractivity contribution in [3.05, 3.63) is 18.7 Å². The minimum absolute atomic E-state index is 0.160. The predicted molar refractivity (Wildman–Crippen MR) is 58.9 cm³/mol. The van der Waals surface area contributed by atoms with E-state index in [1.807, 2.05) is 30.3 Å². The van der Waals surface area contributed by atoms with E-state index >= 15 is 0 Å². The van der Waals surface area contributed by atoms with Gasteiger partial charge in [-0.15, -0.1) is 0 Å². The first-order chi connectivity index (χ1) is 7.75. The van der Waals surface area contributed by atoms with Crippen LogP contribution < -0.4 is 4.57 Å². The molecule has 0 spiro atoms. The van der Waals surface area contributed by atoms with Gasteiger partial charge in [-0.2, -0.15) is 4.57 Å². The fourth-order valence-electron chi connectivity index (χ4n) is 3.13. The van der Waals surface area contributed by atoms with Gasteiger partial charge in [0.25, 0.3) is 6.33 Å². The number of rotatable bonds is 0. The fraction of sp³-hybridized carbons (Fsp3) is 0.667. The number of aryl methyl sites for hydroxylation is 1. The smallest absolute Gasteiger partial charge is 0.298 e. The molecule has 1 aromatic heterocycles. The summed E-state index contributed by atoms with van der Waals surface area (Å²) < 4.78 is 3.61. The standard InChI is InChI=1S/C12H18N3O/c1-13-7-8-14(9-13)12(16)15-10-3-2-4-11(15)6-5-10/h7-11H,2-6H2,1H3/q+1. The zero-order valence-electron chi connectivity index (χ0n) is 9.67. The quantitative estimate of drug-likeness (QED) is 0.606. The molecule has 3 heterocycles. The maximum atomic E-state index is 12.3. The lowest BCUT2D eigenvalue weighted by Gasteiger charge is -2.32. The monoisotopic (exact) mass is 220 g/mol. The van der Waals surface area contributed by atoms with Crippen molar-refractivity contribution in [3.63, 3.8) is 0 Å². The van der Waals surface area contributed by atoms with Gasteiger partial charge in [-0.05, 0) is 32.1 Å². The van der Waals surface area contributed by atoms with E-state index in [9.17, 15) is 4.79 Å². The molecule has 1 amide bonds. The molecule has 16 heavy (non-hydrogen) atoms. The highest BCUT2D eigenvalue weighted by molar-refractivity contribution is 5.77. The molecule has 2 aliphatic rings. The molecular formula is C12H18N3O+. The van der Waals surface area contributed by atoms with Crippen molar-refractivity contribution in [2.24, 2.45) is 7.05 Å². The van der Waals surface area contributed by atoms with Crippen LogP contribution in [0.2, 0.25) is 0 Å². The summed E-state index contributed by atoms with van der Waals surface area (Å²) in [7, 11) is 1.94. The molecular weight excluding hydrogens is 202 g/mol. The molecule has 4 nitrogen and oxygen atoms in total. The highest BCUT2D eigenvalue weighted by Crippen LogP contribution is 2.35. The zero-order valence-corrected chi connectivity index (χ0v) is 9.67. The molecule has 2 aliphatic heterocycles. The second-order valence-electron chi connectivity index (χ2n) is 4.99. The minimum Gasteiger partial charge on any atom is -0.298 e. The van der Waals surface area contributed by atoms with E-state index in [0.29, 0.717) is 12.1 Å². The van der Waals surface area contributed by atoms with Crippen molar-refractivity contribution in [1.29, 1.82) is 0 Å². The number of hydrogen-bond donors (Lipinski definition) is 0. The summed E-state index contributed by atoms with van der Waals surface area (Å²) in [5, 5.41) is 0. The van der Waals surface area contributed by atoms with Gasteiger partial charge < -0.3 is 0 Å². The third kappa shape index (κ3) is 1.44. The van der Waals surface area contributed by atoms with Crippen LogP contribution >= 0.6 is 0 Å². The van der Waals surface area contributed by atoms with E-state index in [1.165, 1.54) is 32.1 Å². The zero-order chi connectivity index (χ0) is 11.1. The first-order valence-corrected chi connectivity index (χ1v) is 6.11. The Morgan fingerprint density at radius 3 is 2.50 bits per heavy atom. The number of fused-ring (bicyclic) bond motifs is 2. The number of carbonyl (C=O) groups is 1. The summed E-state index contributed by atoms with van der Waals surface area (Å²) in [4.78, 5) is 14.5. The first kappa shape index (κ1) is 9.87. The summed E-state index contributed by atoms with van der Waals surface area (Å²) in [5.74, 6) is 0. The molecule has 0 aromatic carbocycles. The van der Waals surface area contributed by atoms with Gasteiger partial charge in [-0.3, -0.25) is 4.90 Å². The molecule has 3 rings (SSSR count). The first-order valence-electron chi connectivity index (χ1n) is 6.11. The molecule has 0 saturated carbocycles. The van der Waals surface area contributed by atoms with E-state index in [1.54, 1.807) is 4.57 Å². The number of carbonyl (C=O) groups excluding carboxylic acids is 1. The largest absolute Gasteiger partial charge is 0.416 e. The van der Waals surface area contributed by atoms with Gasteiger partial charge in [0, 0.05) is 12.1 Å². The van der Waals surface area contributed by atoms with Crippen LogP contribution in [0.1, 0.15) is 32.1 Å². The van der Waals surface area contributed by atoms with Gasteiger partial charge >= 0.3 is 6.03 Å². The molecule has 2 bridgehead atoms. The Morgan fingerprint density at radius 1 is 1.25 bits per heavy atom. The second-order valence-corrected chi connectivity index (χ2v) is 4.99. The number of nitrogens with zero attached hydrogens (tertiary/aromatic N) is 3. The van der Waals surface area contributed by atoms with Gasteiger partial charge in [0.05, 0.1) is 7.05 Å². The SMILES string of the molecule is C[n+]1ccn(C(=O)N2C3CCCC2CC3)c1. The van der Waals surface area contributed by atoms with Crippen LogP contribution in [0.15, 0.2) is 18.7 Å². The minimum atomic E-state index is 0.160. The molecule has 4 heteroatoms. The normalized spacial score (nSPS) is 28.4. The van der Waals surface area contributed by atoms with Crippen molar-refractivity contribution in [3.8, 4) is 0 Å². The van der Waals surface area contributed by atoms with E-state index in [-0.39, 0.29) is 6.03 Å². The van der Waals surface area contributed by atoms with Gasteiger partial charge in [0.15, 0.2) is 0 Å². The van der Waals surface area contributed by atoms with E-state index in [2.05, 4.69) is 4.90 Å². The van der Waals surface area contributed by atoms with Crippen molar-refractivity contribution in [2.45, 2.75) is 44.2 Å². The van der Waals surface area contributed by atoms with E-state index in [0.717, 1.165) is 0 Å². The predicted octanol–water partition coefficient (Wildman–Crippen LogP) is 1.30. The van der Waals surface area contributed by atoms with Gasteiger partial charge in [0.2, 0.25) is 0 Å². The molecule has 2 fully saturated rings. The fourth-order valence-corrected chi connectivity index (χ4v) is 3.13. The molecule has 1 aromatic rings. The number of amides is 1. The van der Waals surface area contributed by atoms with Crippen molar-refractivity contribution in [1.82, 2.24) is 9.47 Å². The van der Waals surface area contributed by atoms with Crippen LogP contribution in [0, 0.1) is 0 Å². The summed E-state index contributed by atoms with van der Waals surface area (Å²) in [5.41, 5.74) is 0. The van der Waals surface area contributed by atoms with Crippen molar-refractivity contribution >= 4 is 6.03 Å². The number of aromatic nitrogens is 2. The second kappa shape index (κ2) is 3.61. The van der Waals surface area contributed by atoms with Crippen LogP contribution in [0.3, 0.4) is 0 Å². The summed E-state index contributed by atoms with van der Waals surface area (Å²) in [6.45, 7) is 0. The van der Waals surface area contributed by atoms with Crippen LogP contribution in [-0.2, 0) is 7.05 Å². The van der Waals surface area contributed by atoms with E-state index in [4.69, 9.17) is 0 Å². The summed E-state index contributed by atoms with van der Waals surface area (Å²) in [6.07, 6.45) is 11.7. The Hall–Kier alpha value is -1.32. The average molecular weight is 220 g/mol. The molecule has 2 saturated heterocycles. The average Bonchev–Trinajstić information content (AvgIpc) is 2.80. The Kier molecular flexibility index (Phi) is 2.23. The highest BCUT2D eigenvalue weighted by atomic mass is 16.2. The molecule has 86 valence electrons. The highest BCUT2D eigenvalue weighted by Gasteiger charge is 2.41. The number of imidazole rings is 1. The number of hydrogen-bond acceptors (Lipinski definition) is 1. The summed E-state index contributed by atoms with van der Waals surface area (Å²) >= 11 is 0. The van der Waals surface area contributed by atoms with Crippen LogP contribution in [0.25, 0.3) is 0 Å². The topological polar surface area (TPSA) is 29.1 Å². The lowest BCUT2D eigenvalue weighted by atomic mass is 10.0. The van der Waals surface area contributed by atoms with Crippen molar-refractivity contribution in [2.75, 3.05) is 0 Å². The molecule has 0 radical (unpaired) electrons. The molecule has 2 atom stereocenters. The Labute approximate surface area is 95.5 Å². The van der Waals surface area contributed by atoms with Crippen LogP contribution in [-0.4, -0.2) is 27.6 Å². The van der Waals surface area contributed by atoms with Crippen LogP contribution in [0.4, 0.5) is 4.79 Å². The van der Waals surface area contributed by atoms with Crippen molar-refractivity contribution < 1.29 is 9.36 Å². The molecule has 0 N–H and O–H groups in total. The molecule has 0 aliphatic carbocycles. The van der Waals surface area contributed by atoms with Crippen LogP contribution in [0.5, 0.6) is 0 Å². The molecule has 2 unspecified atom stereocenters. The van der Waals surface area contributed by atoms with Gasteiger partial charge in [0.1, 0.15) is 12.4 Å². The van der Waals surface area contributed by atoms with Gasteiger partial charge in [-0.25, -0.2) is 9.36 Å². The lowest BCUT2D eigenvalue weighted by Crippen LogP contribution is -2.46. The Bertz CT molecular complexity index is 396. The van der Waals surface area contributed by atoms with E-state index < -0.39 is 0 Å². The maximum Gasteiger partial charge on any atom is 0.416 e. The maximum absolute atomic E-state index is 12.3. The lowest BCUT2D eigenvalue weighted by molar-refractivity contribution is -0.670. The third-order valence-corrected chi connectivity index (χ3v) is 3.91. The number of piperidine rings is 1. The Balaban J connectivity index is 1.85. The van der Waals surface area contributed by atoms with Gasteiger partial charge in [-0.1, -0.05) is 0 Å². The Morgan fingerprint density at radius 2 is 1.94 bits per heavy atom.